The maximum absolute atomic E-state index is 12.5. The molecule has 0 fully saturated rings. The number of fused-ring (bicyclic) bond motifs is 2. The molecule has 0 radical (unpaired) electrons. The lowest BCUT2D eigenvalue weighted by Crippen LogP contribution is -2.25. The Labute approximate surface area is 161 Å². The summed E-state index contributed by atoms with van der Waals surface area (Å²) in [7, 11) is 0. The SMILES string of the molecule is Cc1ccc([C@H]2CC(=O)Nc3c2c(C)nn3-c2ccc3nnc(C)n3n2)cc1. The van der Waals surface area contributed by atoms with Gasteiger partial charge in [0.2, 0.25) is 5.91 Å². The van der Waals surface area contributed by atoms with Gasteiger partial charge in [-0.15, -0.1) is 15.3 Å². The second-order valence-electron chi connectivity index (χ2n) is 7.18. The molecule has 1 atom stereocenters. The van der Waals surface area contributed by atoms with Crippen molar-refractivity contribution in [3.63, 3.8) is 0 Å². The van der Waals surface area contributed by atoms with Crippen LogP contribution in [0.1, 0.15) is 40.5 Å². The lowest BCUT2D eigenvalue weighted by Gasteiger charge is -2.24. The summed E-state index contributed by atoms with van der Waals surface area (Å²) in [5, 5.41) is 20.4. The minimum Gasteiger partial charge on any atom is -0.310 e. The van der Waals surface area contributed by atoms with Gasteiger partial charge in [-0.05, 0) is 38.5 Å². The Balaban J connectivity index is 1.68. The number of hydrogen-bond acceptors (Lipinski definition) is 5. The van der Waals surface area contributed by atoms with Crippen molar-refractivity contribution < 1.29 is 4.79 Å². The average molecular weight is 373 g/mol. The smallest absolute Gasteiger partial charge is 0.226 e. The fraction of sp³-hybridized carbons (Fsp3) is 0.250. The molecule has 5 rings (SSSR count). The van der Waals surface area contributed by atoms with Gasteiger partial charge in [0.05, 0.1) is 5.69 Å². The molecular weight excluding hydrogens is 354 g/mol. The molecule has 28 heavy (non-hydrogen) atoms. The van der Waals surface area contributed by atoms with E-state index in [0.29, 0.717) is 29.5 Å². The Bertz CT molecular complexity index is 1220. The van der Waals surface area contributed by atoms with Gasteiger partial charge in [-0.1, -0.05) is 29.8 Å². The van der Waals surface area contributed by atoms with Gasteiger partial charge in [-0.3, -0.25) is 4.79 Å². The van der Waals surface area contributed by atoms with E-state index in [0.717, 1.165) is 16.8 Å². The van der Waals surface area contributed by atoms with Crippen molar-refractivity contribution in [3.8, 4) is 5.82 Å². The third-order valence-electron chi connectivity index (χ3n) is 5.20. The number of aromatic nitrogens is 6. The standard InChI is InChI=1S/C20H19N7O/c1-11-4-6-14(7-5-11)15-10-18(28)21-20-19(15)12(2)24-27(20)17-9-8-16-23-22-13(3)26(16)25-17/h4-9,15H,10H2,1-3H3,(H,21,28)/t15-/m1/s1. The fourth-order valence-corrected chi connectivity index (χ4v) is 3.80. The first kappa shape index (κ1) is 16.6. The van der Waals surface area contributed by atoms with Gasteiger partial charge in [-0.2, -0.15) is 14.3 Å². The number of nitrogens with one attached hydrogen (secondary N) is 1. The van der Waals surface area contributed by atoms with Crippen molar-refractivity contribution in [2.24, 2.45) is 0 Å². The van der Waals surface area contributed by atoms with E-state index < -0.39 is 0 Å². The zero-order valence-corrected chi connectivity index (χ0v) is 15.8. The fourth-order valence-electron chi connectivity index (χ4n) is 3.80. The van der Waals surface area contributed by atoms with Crippen LogP contribution in [0.4, 0.5) is 5.82 Å². The summed E-state index contributed by atoms with van der Waals surface area (Å²) in [6, 6.07) is 12.0. The first-order valence-corrected chi connectivity index (χ1v) is 9.16. The normalized spacial score (nSPS) is 16.2. The minimum absolute atomic E-state index is 0.0271. The number of carbonyl (C=O) groups is 1. The molecule has 140 valence electrons. The Kier molecular flexibility index (Phi) is 3.55. The molecule has 4 heterocycles. The van der Waals surface area contributed by atoms with Gasteiger partial charge < -0.3 is 5.32 Å². The van der Waals surface area contributed by atoms with Gasteiger partial charge in [0, 0.05) is 17.9 Å². The topological polar surface area (TPSA) is 90.0 Å². The summed E-state index contributed by atoms with van der Waals surface area (Å²) in [6.07, 6.45) is 0.402. The van der Waals surface area contributed by atoms with E-state index in [-0.39, 0.29) is 11.8 Å². The number of aryl methyl sites for hydroxylation is 3. The van der Waals surface area contributed by atoms with Crippen LogP contribution >= 0.6 is 0 Å². The van der Waals surface area contributed by atoms with Gasteiger partial charge in [0.25, 0.3) is 0 Å². The van der Waals surface area contributed by atoms with Crippen LogP contribution in [0.3, 0.4) is 0 Å². The molecule has 0 aliphatic carbocycles. The summed E-state index contributed by atoms with van der Waals surface area (Å²) in [5.41, 5.74) is 4.88. The molecule has 8 nitrogen and oxygen atoms in total. The second kappa shape index (κ2) is 5.98. The molecule has 4 aromatic rings. The molecule has 0 unspecified atom stereocenters. The van der Waals surface area contributed by atoms with Crippen LogP contribution in [0.15, 0.2) is 36.4 Å². The van der Waals surface area contributed by atoms with Crippen molar-refractivity contribution in [3.05, 3.63) is 64.6 Å². The minimum atomic E-state index is -0.0292. The average Bonchev–Trinajstić information content (AvgIpc) is 3.22. The third kappa shape index (κ3) is 2.49. The Morgan fingerprint density at radius 3 is 2.57 bits per heavy atom. The first-order chi connectivity index (χ1) is 13.5. The van der Waals surface area contributed by atoms with Crippen LogP contribution < -0.4 is 5.32 Å². The molecule has 0 saturated carbocycles. The molecule has 8 heteroatoms. The van der Waals surface area contributed by atoms with E-state index >= 15 is 0 Å². The molecule has 0 spiro atoms. The Morgan fingerprint density at radius 1 is 1.00 bits per heavy atom. The van der Waals surface area contributed by atoms with E-state index in [2.05, 4.69) is 51.8 Å². The van der Waals surface area contributed by atoms with Gasteiger partial charge in [0.1, 0.15) is 5.82 Å². The third-order valence-corrected chi connectivity index (χ3v) is 5.20. The van der Waals surface area contributed by atoms with Crippen molar-refractivity contribution in [1.82, 2.24) is 29.6 Å². The lowest BCUT2D eigenvalue weighted by atomic mass is 9.85. The summed E-state index contributed by atoms with van der Waals surface area (Å²) in [5.74, 6) is 1.91. The largest absolute Gasteiger partial charge is 0.310 e. The summed E-state index contributed by atoms with van der Waals surface area (Å²) < 4.78 is 3.36. The molecule has 1 amide bonds. The summed E-state index contributed by atoms with van der Waals surface area (Å²) >= 11 is 0. The summed E-state index contributed by atoms with van der Waals surface area (Å²) in [4.78, 5) is 12.5. The van der Waals surface area contributed by atoms with E-state index in [1.807, 2.05) is 26.0 Å². The second-order valence-corrected chi connectivity index (χ2v) is 7.18. The highest BCUT2D eigenvalue weighted by atomic mass is 16.1. The van der Waals surface area contributed by atoms with Crippen LogP contribution in [-0.4, -0.2) is 35.5 Å². The Morgan fingerprint density at radius 2 is 1.79 bits per heavy atom. The predicted molar refractivity (Wildman–Crippen MR) is 104 cm³/mol. The van der Waals surface area contributed by atoms with Crippen LogP contribution in [0, 0.1) is 20.8 Å². The van der Waals surface area contributed by atoms with Crippen LogP contribution in [0.2, 0.25) is 0 Å². The Hall–Kier alpha value is -3.55. The van der Waals surface area contributed by atoms with Crippen LogP contribution in [-0.2, 0) is 4.79 Å². The number of benzene rings is 1. The number of rotatable bonds is 2. The van der Waals surface area contributed by atoms with Crippen LogP contribution in [0.25, 0.3) is 11.5 Å². The lowest BCUT2D eigenvalue weighted by molar-refractivity contribution is -0.116. The monoisotopic (exact) mass is 373 g/mol. The zero-order valence-electron chi connectivity index (χ0n) is 15.8. The quantitative estimate of drug-likeness (QED) is 0.583. The molecule has 1 aliphatic rings. The molecule has 0 bridgehead atoms. The zero-order chi connectivity index (χ0) is 19.4. The van der Waals surface area contributed by atoms with E-state index in [1.165, 1.54) is 5.56 Å². The van der Waals surface area contributed by atoms with Gasteiger partial charge >= 0.3 is 0 Å². The number of carbonyl (C=O) groups excluding carboxylic acids is 1. The molecule has 1 aliphatic heterocycles. The molecule has 1 aromatic carbocycles. The van der Waals surface area contributed by atoms with E-state index in [4.69, 9.17) is 5.10 Å². The predicted octanol–water partition coefficient (Wildman–Crippen LogP) is 2.71. The number of anilines is 1. The first-order valence-electron chi connectivity index (χ1n) is 9.16. The van der Waals surface area contributed by atoms with E-state index in [9.17, 15) is 4.79 Å². The number of amides is 1. The number of hydrogen-bond donors (Lipinski definition) is 1. The molecule has 0 saturated heterocycles. The molecule has 1 N–H and O–H groups in total. The van der Waals surface area contributed by atoms with Crippen molar-refractivity contribution in [2.75, 3.05) is 5.32 Å². The highest BCUT2D eigenvalue weighted by Gasteiger charge is 2.33. The van der Waals surface area contributed by atoms with E-state index in [1.54, 1.807) is 9.20 Å². The highest BCUT2D eigenvalue weighted by Crippen LogP contribution is 2.40. The molecule has 3 aromatic heterocycles. The summed E-state index contributed by atoms with van der Waals surface area (Å²) in [6.45, 7) is 5.87. The maximum atomic E-state index is 12.5. The van der Waals surface area contributed by atoms with Crippen LogP contribution in [0.5, 0.6) is 0 Å². The molecular formula is C20H19N7O. The number of nitrogens with zero attached hydrogens (tertiary/aromatic N) is 6. The highest BCUT2D eigenvalue weighted by molar-refractivity contribution is 5.95. The van der Waals surface area contributed by atoms with Gasteiger partial charge in [-0.25, -0.2) is 0 Å². The van der Waals surface area contributed by atoms with Crippen molar-refractivity contribution in [1.29, 1.82) is 0 Å². The van der Waals surface area contributed by atoms with Crippen molar-refractivity contribution in [2.45, 2.75) is 33.1 Å². The van der Waals surface area contributed by atoms with Gasteiger partial charge in [0.15, 0.2) is 17.3 Å². The van der Waals surface area contributed by atoms with Crippen molar-refractivity contribution >= 4 is 17.4 Å². The maximum Gasteiger partial charge on any atom is 0.226 e.